The van der Waals surface area contributed by atoms with Crippen molar-refractivity contribution in [2.45, 2.75) is 62.3 Å². The van der Waals surface area contributed by atoms with E-state index < -0.39 is 0 Å². The Bertz CT molecular complexity index is 744. The molecule has 1 saturated carbocycles. The van der Waals surface area contributed by atoms with Crippen molar-refractivity contribution < 1.29 is 9.21 Å². The number of aromatic nitrogens is 2. The molecule has 1 aliphatic rings. The fourth-order valence-corrected chi connectivity index (χ4v) is 3.81. The molecule has 1 aromatic heterocycles. The van der Waals surface area contributed by atoms with Crippen molar-refractivity contribution in [2.24, 2.45) is 0 Å². The van der Waals surface area contributed by atoms with Crippen molar-refractivity contribution in [1.82, 2.24) is 10.2 Å². The summed E-state index contributed by atoms with van der Waals surface area (Å²) in [5.74, 6) is 0.960. The van der Waals surface area contributed by atoms with E-state index >= 15 is 0 Å². The number of amides is 1. The molecule has 5 nitrogen and oxygen atoms in total. The van der Waals surface area contributed by atoms with Gasteiger partial charge < -0.3 is 9.73 Å². The maximum Gasteiger partial charge on any atom is 0.277 e. The number of rotatable bonds is 5. The molecule has 1 amide bonds. The van der Waals surface area contributed by atoms with E-state index in [0.717, 1.165) is 24.1 Å². The second kappa shape index (κ2) is 8.23. The van der Waals surface area contributed by atoms with E-state index in [1.165, 1.54) is 31.0 Å². The zero-order valence-electron chi connectivity index (χ0n) is 14.4. The summed E-state index contributed by atoms with van der Waals surface area (Å²) in [6.45, 7) is 3.75. The van der Waals surface area contributed by atoms with E-state index in [1.54, 1.807) is 12.1 Å². The Balaban J connectivity index is 1.59. The molecule has 0 aliphatic heterocycles. The highest BCUT2D eigenvalue weighted by molar-refractivity contribution is 8.00. The van der Waals surface area contributed by atoms with Gasteiger partial charge in [-0.15, -0.1) is 10.2 Å². The maximum absolute atomic E-state index is 12.4. The highest BCUT2D eigenvalue weighted by Crippen LogP contribution is 2.33. The van der Waals surface area contributed by atoms with Gasteiger partial charge in [0.05, 0.1) is 5.25 Å². The van der Waals surface area contributed by atoms with Gasteiger partial charge in [0, 0.05) is 16.6 Å². The van der Waals surface area contributed by atoms with Crippen LogP contribution in [0.2, 0.25) is 5.02 Å². The molecule has 7 heteroatoms. The van der Waals surface area contributed by atoms with Crippen molar-refractivity contribution >= 4 is 35.0 Å². The van der Waals surface area contributed by atoms with E-state index in [0.29, 0.717) is 22.1 Å². The van der Waals surface area contributed by atoms with Crippen LogP contribution >= 0.6 is 23.4 Å². The summed E-state index contributed by atoms with van der Waals surface area (Å²) < 4.78 is 5.78. The standard InChI is InChI=1S/C18H22ClN3O2S/c1-11-8-9-14(19)10-15(11)20-16(23)12(2)25-18-22-21-17(24-18)13-6-4-3-5-7-13/h8-10,12-13H,3-7H2,1-2H3,(H,20,23). The topological polar surface area (TPSA) is 68.0 Å². The van der Waals surface area contributed by atoms with Gasteiger partial charge in [-0.05, 0) is 44.4 Å². The van der Waals surface area contributed by atoms with Crippen LogP contribution in [-0.2, 0) is 4.79 Å². The summed E-state index contributed by atoms with van der Waals surface area (Å²) in [6, 6.07) is 5.43. The molecule has 1 heterocycles. The molecule has 134 valence electrons. The lowest BCUT2D eigenvalue weighted by atomic mass is 9.89. The predicted molar refractivity (Wildman–Crippen MR) is 100 cm³/mol. The van der Waals surface area contributed by atoms with Crippen LogP contribution in [-0.4, -0.2) is 21.4 Å². The number of hydrogen-bond donors (Lipinski definition) is 1. The van der Waals surface area contributed by atoms with Crippen molar-refractivity contribution in [3.05, 3.63) is 34.7 Å². The van der Waals surface area contributed by atoms with E-state index in [1.807, 2.05) is 19.9 Å². The van der Waals surface area contributed by atoms with E-state index in [9.17, 15) is 4.79 Å². The molecule has 0 spiro atoms. The van der Waals surface area contributed by atoms with Crippen LogP contribution in [0.1, 0.15) is 56.4 Å². The Kier molecular flexibility index (Phi) is 6.02. The molecule has 1 atom stereocenters. The van der Waals surface area contributed by atoms with Crippen molar-refractivity contribution in [3.8, 4) is 0 Å². The van der Waals surface area contributed by atoms with Crippen LogP contribution in [0, 0.1) is 6.92 Å². The highest BCUT2D eigenvalue weighted by atomic mass is 35.5. The van der Waals surface area contributed by atoms with Gasteiger partial charge >= 0.3 is 0 Å². The van der Waals surface area contributed by atoms with Gasteiger partial charge in [0.2, 0.25) is 11.8 Å². The van der Waals surface area contributed by atoms with Crippen LogP contribution in [0.4, 0.5) is 5.69 Å². The van der Waals surface area contributed by atoms with Crippen molar-refractivity contribution in [1.29, 1.82) is 0 Å². The van der Waals surface area contributed by atoms with Gasteiger partial charge in [-0.25, -0.2) is 0 Å². The number of nitrogens with one attached hydrogen (secondary N) is 1. The third kappa shape index (κ3) is 4.76. The maximum atomic E-state index is 12.4. The smallest absolute Gasteiger partial charge is 0.277 e. The number of carbonyl (C=O) groups is 1. The normalized spacial score (nSPS) is 16.6. The lowest BCUT2D eigenvalue weighted by Gasteiger charge is -2.17. The second-order valence-electron chi connectivity index (χ2n) is 6.45. The van der Waals surface area contributed by atoms with Gasteiger partial charge in [0.1, 0.15) is 0 Å². The molecular weight excluding hydrogens is 358 g/mol. The van der Waals surface area contributed by atoms with Crippen LogP contribution in [0.15, 0.2) is 27.8 Å². The number of thioether (sulfide) groups is 1. The van der Waals surface area contributed by atoms with Crippen LogP contribution in [0.5, 0.6) is 0 Å². The molecule has 1 fully saturated rings. The molecule has 1 aliphatic carbocycles. The Labute approximate surface area is 156 Å². The van der Waals surface area contributed by atoms with Gasteiger partial charge in [-0.3, -0.25) is 4.79 Å². The third-order valence-corrected chi connectivity index (χ3v) is 5.65. The number of halogens is 1. The first-order chi connectivity index (χ1) is 12.0. The van der Waals surface area contributed by atoms with E-state index in [4.69, 9.17) is 16.0 Å². The Morgan fingerprint density at radius 2 is 2.08 bits per heavy atom. The van der Waals surface area contributed by atoms with Gasteiger partial charge in [0.25, 0.3) is 5.22 Å². The first kappa shape index (κ1) is 18.3. The minimum Gasteiger partial charge on any atom is -0.416 e. The number of aryl methyl sites for hydroxylation is 1. The minimum atomic E-state index is -0.349. The largest absolute Gasteiger partial charge is 0.416 e. The molecule has 3 rings (SSSR count). The number of carbonyl (C=O) groups excluding carboxylic acids is 1. The average Bonchev–Trinajstić information content (AvgIpc) is 3.07. The van der Waals surface area contributed by atoms with Crippen LogP contribution in [0.25, 0.3) is 0 Å². The summed E-state index contributed by atoms with van der Waals surface area (Å²) in [5, 5.41) is 11.9. The molecule has 0 radical (unpaired) electrons. The number of benzene rings is 1. The number of anilines is 1. The lowest BCUT2D eigenvalue weighted by molar-refractivity contribution is -0.115. The average molecular weight is 380 g/mol. The molecule has 25 heavy (non-hydrogen) atoms. The fraction of sp³-hybridized carbons (Fsp3) is 0.500. The zero-order chi connectivity index (χ0) is 17.8. The summed E-state index contributed by atoms with van der Waals surface area (Å²) in [5.41, 5.74) is 1.69. The van der Waals surface area contributed by atoms with Crippen molar-refractivity contribution in [2.75, 3.05) is 5.32 Å². The van der Waals surface area contributed by atoms with Gasteiger partial charge in [0.15, 0.2) is 0 Å². The minimum absolute atomic E-state index is 0.118. The Morgan fingerprint density at radius 1 is 1.32 bits per heavy atom. The lowest BCUT2D eigenvalue weighted by Crippen LogP contribution is -2.22. The summed E-state index contributed by atoms with van der Waals surface area (Å²) in [6.07, 6.45) is 5.93. The molecule has 2 aromatic rings. The highest BCUT2D eigenvalue weighted by Gasteiger charge is 2.23. The Hall–Kier alpha value is -1.53. The summed E-state index contributed by atoms with van der Waals surface area (Å²) >= 11 is 7.28. The van der Waals surface area contributed by atoms with Gasteiger partial charge in [-0.1, -0.05) is 48.7 Å². The Morgan fingerprint density at radius 3 is 2.84 bits per heavy atom. The molecule has 1 aromatic carbocycles. The zero-order valence-corrected chi connectivity index (χ0v) is 16.0. The summed E-state index contributed by atoms with van der Waals surface area (Å²) in [7, 11) is 0. The SMILES string of the molecule is Cc1ccc(Cl)cc1NC(=O)C(C)Sc1nnc(C2CCCCC2)o1. The fourth-order valence-electron chi connectivity index (χ4n) is 2.95. The molecule has 1 N–H and O–H groups in total. The second-order valence-corrected chi connectivity index (χ2v) is 8.18. The number of nitrogens with zero attached hydrogens (tertiary/aromatic N) is 2. The van der Waals surface area contributed by atoms with E-state index in [-0.39, 0.29) is 11.2 Å². The first-order valence-corrected chi connectivity index (χ1v) is 9.86. The van der Waals surface area contributed by atoms with E-state index in [2.05, 4.69) is 15.5 Å². The first-order valence-electron chi connectivity index (χ1n) is 8.60. The molecular formula is C18H22ClN3O2S. The van der Waals surface area contributed by atoms with Crippen LogP contribution < -0.4 is 5.32 Å². The quantitative estimate of drug-likeness (QED) is 0.723. The molecule has 0 bridgehead atoms. The van der Waals surface area contributed by atoms with Crippen LogP contribution in [0.3, 0.4) is 0 Å². The van der Waals surface area contributed by atoms with Gasteiger partial charge in [-0.2, -0.15) is 0 Å². The third-order valence-electron chi connectivity index (χ3n) is 4.48. The molecule has 0 saturated heterocycles. The predicted octanol–water partition coefficient (Wildman–Crippen LogP) is 5.20. The number of hydrogen-bond acceptors (Lipinski definition) is 5. The molecule has 1 unspecified atom stereocenters. The van der Waals surface area contributed by atoms with Crippen molar-refractivity contribution in [3.63, 3.8) is 0 Å². The monoisotopic (exact) mass is 379 g/mol. The summed E-state index contributed by atoms with van der Waals surface area (Å²) in [4.78, 5) is 12.4.